The molecule has 0 bridgehead atoms. The number of unbranched alkanes of at least 4 members (excludes halogenated alkanes) is 3. The summed E-state index contributed by atoms with van der Waals surface area (Å²) in [5.41, 5.74) is 0.554. The van der Waals surface area contributed by atoms with Gasteiger partial charge in [0.15, 0.2) is 0 Å². The average Bonchev–Trinajstić information content (AvgIpc) is 3.25. The fraction of sp³-hybridized carbons (Fsp3) is 0.455. The molecular formula is C22H33N3O4S. The van der Waals surface area contributed by atoms with E-state index in [9.17, 15) is 8.42 Å². The van der Waals surface area contributed by atoms with Gasteiger partial charge in [-0.2, -0.15) is 13.1 Å². The Morgan fingerprint density at radius 2 is 1.83 bits per heavy atom. The Morgan fingerprint density at radius 3 is 2.50 bits per heavy atom. The summed E-state index contributed by atoms with van der Waals surface area (Å²) in [5, 5.41) is 0. The number of hydrogen-bond donors (Lipinski definition) is 1. The highest BCUT2D eigenvalue weighted by Crippen LogP contribution is 2.20. The molecule has 0 aliphatic rings. The molecule has 166 valence electrons. The first-order chi connectivity index (χ1) is 14.4. The minimum absolute atomic E-state index is 0.103. The van der Waals surface area contributed by atoms with E-state index in [0.717, 1.165) is 31.7 Å². The minimum Gasteiger partial charge on any atom is -0.494 e. The third kappa shape index (κ3) is 8.22. The van der Waals surface area contributed by atoms with Crippen LogP contribution in [-0.2, 0) is 16.8 Å². The van der Waals surface area contributed by atoms with E-state index in [1.807, 2.05) is 6.08 Å². The molecule has 1 aromatic heterocycles. The zero-order chi connectivity index (χ0) is 21.8. The first-order valence-corrected chi connectivity index (χ1v) is 11.6. The number of benzene rings is 1. The number of nitrogens with zero attached hydrogens (tertiary/aromatic N) is 2. The van der Waals surface area contributed by atoms with Crippen LogP contribution in [0, 0.1) is 0 Å². The molecule has 0 saturated carbocycles. The second kappa shape index (κ2) is 12.4. The van der Waals surface area contributed by atoms with E-state index in [0.29, 0.717) is 18.1 Å². The highest BCUT2D eigenvalue weighted by atomic mass is 32.2. The van der Waals surface area contributed by atoms with Crippen LogP contribution in [0.1, 0.15) is 31.4 Å². The number of rotatable bonds is 15. The highest BCUT2D eigenvalue weighted by Gasteiger charge is 2.18. The van der Waals surface area contributed by atoms with Crippen LogP contribution in [0.4, 0.5) is 5.69 Å². The predicted octanol–water partition coefficient (Wildman–Crippen LogP) is 3.81. The molecule has 30 heavy (non-hydrogen) atoms. The van der Waals surface area contributed by atoms with Crippen molar-refractivity contribution in [2.24, 2.45) is 0 Å². The van der Waals surface area contributed by atoms with E-state index < -0.39 is 10.2 Å². The van der Waals surface area contributed by atoms with Crippen molar-refractivity contribution in [3.05, 3.63) is 61.1 Å². The topological polar surface area (TPSA) is 75.0 Å². The average molecular weight is 436 g/mol. The zero-order valence-electron chi connectivity index (χ0n) is 17.9. The van der Waals surface area contributed by atoms with Crippen LogP contribution < -0.4 is 13.8 Å². The van der Waals surface area contributed by atoms with Gasteiger partial charge in [0, 0.05) is 13.6 Å². The fourth-order valence-corrected chi connectivity index (χ4v) is 3.82. The van der Waals surface area contributed by atoms with Crippen molar-refractivity contribution in [1.82, 2.24) is 9.62 Å². The van der Waals surface area contributed by atoms with E-state index in [1.54, 1.807) is 36.4 Å². The van der Waals surface area contributed by atoms with Gasteiger partial charge >= 0.3 is 10.2 Å². The lowest BCUT2D eigenvalue weighted by Gasteiger charge is -2.20. The number of nitrogens with one attached hydrogen (secondary N) is 1. The fourth-order valence-electron chi connectivity index (χ4n) is 2.90. The van der Waals surface area contributed by atoms with Gasteiger partial charge in [-0.05, 0) is 62.8 Å². The van der Waals surface area contributed by atoms with Crippen LogP contribution >= 0.6 is 0 Å². The lowest BCUT2D eigenvalue weighted by Crippen LogP contribution is -2.37. The van der Waals surface area contributed by atoms with Gasteiger partial charge in [0.25, 0.3) is 0 Å². The largest absolute Gasteiger partial charge is 0.494 e. The summed E-state index contributed by atoms with van der Waals surface area (Å²) in [4.78, 5) is 2.26. The number of furan rings is 1. The molecule has 0 saturated heterocycles. The van der Waals surface area contributed by atoms with Crippen molar-refractivity contribution in [2.45, 2.75) is 32.2 Å². The van der Waals surface area contributed by atoms with Gasteiger partial charge in [-0.3, -0.25) is 4.31 Å². The molecular weight excluding hydrogens is 402 g/mol. The first-order valence-electron chi connectivity index (χ1n) is 10.2. The molecule has 2 rings (SSSR count). The maximum absolute atomic E-state index is 12.4. The SMILES string of the molecule is C=CCN(C)CCCCCCOc1ccc(N(C)S(=O)(=O)NCc2ccco2)cc1. The van der Waals surface area contributed by atoms with Gasteiger partial charge in [0.05, 0.1) is 25.1 Å². The van der Waals surface area contributed by atoms with Crippen LogP contribution in [0.3, 0.4) is 0 Å². The number of likely N-dealkylation sites (N-methyl/N-ethyl adjacent to an activating group) is 1. The number of ether oxygens (including phenoxy) is 1. The minimum atomic E-state index is -3.67. The predicted molar refractivity (Wildman–Crippen MR) is 121 cm³/mol. The van der Waals surface area contributed by atoms with Crippen LogP contribution in [0.5, 0.6) is 5.75 Å². The molecule has 0 unspecified atom stereocenters. The molecule has 0 amide bonds. The smallest absolute Gasteiger partial charge is 0.301 e. The van der Waals surface area contributed by atoms with Crippen LogP contribution in [-0.4, -0.2) is 47.1 Å². The third-order valence-corrected chi connectivity index (χ3v) is 6.15. The maximum Gasteiger partial charge on any atom is 0.301 e. The summed E-state index contributed by atoms with van der Waals surface area (Å²) in [7, 11) is -0.0582. The van der Waals surface area contributed by atoms with Crippen LogP contribution in [0.15, 0.2) is 59.7 Å². The third-order valence-electron chi connectivity index (χ3n) is 4.71. The summed E-state index contributed by atoms with van der Waals surface area (Å²) < 4.78 is 39.5. The Kier molecular flexibility index (Phi) is 9.93. The molecule has 0 radical (unpaired) electrons. The van der Waals surface area contributed by atoms with Gasteiger partial charge < -0.3 is 14.1 Å². The lowest BCUT2D eigenvalue weighted by atomic mass is 10.2. The molecule has 1 heterocycles. The van der Waals surface area contributed by atoms with Crippen molar-refractivity contribution < 1.29 is 17.6 Å². The van der Waals surface area contributed by atoms with Gasteiger partial charge in [-0.1, -0.05) is 18.9 Å². The normalized spacial score (nSPS) is 11.6. The Hall–Kier alpha value is -2.29. The summed E-state index contributed by atoms with van der Waals surface area (Å²) in [6.45, 7) is 6.51. The van der Waals surface area contributed by atoms with Crippen molar-refractivity contribution in [3.63, 3.8) is 0 Å². The lowest BCUT2D eigenvalue weighted by molar-refractivity contribution is 0.300. The van der Waals surface area contributed by atoms with Crippen molar-refractivity contribution in [2.75, 3.05) is 38.1 Å². The second-order valence-corrected chi connectivity index (χ2v) is 8.97. The summed E-state index contributed by atoms with van der Waals surface area (Å²) in [5.74, 6) is 1.29. The molecule has 0 aliphatic carbocycles. The van der Waals surface area contributed by atoms with Gasteiger partial charge in [0.2, 0.25) is 0 Å². The first kappa shape index (κ1) is 24.0. The Labute approximate surface area is 180 Å². The van der Waals surface area contributed by atoms with E-state index in [2.05, 4.69) is 23.2 Å². The molecule has 8 heteroatoms. The zero-order valence-corrected chi connectivity index (χ0v) is 18.7. The van der Waals surface area contributed by atoms with Crippen LogP contribution in [0.2, 0.25) is 0 Å². The monoisotopic (exact) mass is 435 g/mol. The van der Waals surface area contributed by atoms with Gasteiger partial charge in [-0.15, -0.1) is 6.58 Å². The molecule has 1 aromatic carbocycles. The van der Waals surface area contributed by atoms with E-state index in [4.69, 9.17) is 9.15 Å². The quantitative estimate of drug-likeness (QED) is 0.340. The van der Waals surface area contributed by atoms with Crippen molar-refractivity contribution >= 4 is 15.9 Å². The van der Waals surface area contributed by atoms with E-state index >= 15 is 0 Å². The Morgan fingerprint density at radius 1 is 1.10 bits per heavy atom. The molecule has 0 aliphatic heterocycles. The van der Waals surface area contributed by atoms with Gasteiger partial charge in [0.1, 0.15) is 11.5 Å². The number of hydrogen-bond acceptors (Lipinski definition) is 5. The Balaban J connectivity index is 1.69. The van der Waals surface area contributed by atoms with Gasteiger partial charge in [-0.25, -0.2) is 0 Å². The van der Waals surface area contributed by atoms with E-state index in [-0.39, 0.29) is 6.54 Å². The standard InChI is InChI=1S/C22H33N3O4S/c1-4-15-24(2)16-7-5-6-8-17-28-21-13-11-20(12-14-21)25(3)30(26,27)23-19-22-10-9-18-29-22/h4,9-14,18,23H,1,5-8,15-17,19H2,2-3H3. The summed E-state index contributed by atoms with van der Waals surface area (Å²) >= 11 is 0. The maximum atomic E-state index is 12.4. The number of anilines is 1. The molecule has 7 nitrogen and oxygen atoms in total. The molecule has 1 N–H and O–H groups in total. The highest BCUT2D eigenvalue weighted by molar-refractivity contribution is 7.90. The Bertz CT molecular complexity index is 836. The second-order valence-electron chi connectivity index (χ2n) is 7.18. The summed E-state index contributed by atoms with van der Waals surface area (Å²) in [6, 6.07) is 10.5. The van der Waals surface area contributed by atoms with Crippen molar-refractivity contribution in [1.29, 1.82) is 0 Å². The van der Waals surface area contributed by atoms with Crippen LogP contribution in [0.25, 0.3) is 0 Å². The molecule has 0 atom stereocenters. The summed E-state index contributed by atoms with van der Waals surface area (Å²) in [6.07, 6.45) is 7.91. The molecule has 0 fully saturated rings. The molecule has 0 spiro atoms. The van der Waals surface area contributed by atoms with E-state index in [1.165, 1.54) is 30.5 Å². The molecule has 2 aromatic rings. The van der Waals surface area contributed by atoms with Crippen molar-refractivity contribution in [3.8, 4) is 5.75 Å².